The number of piperidine rings is 3. The van der Waals surface area contributed by atoms with Crippen molar-refractivity contribution in [1.29, 1.82) is 0 Å². The monoisotopic (exact) mass is 324 g/mol. The second kappa shape index (κ2) is 6.38. The summed E-state index contributed by atoms with van der Waals surface area (Å²) in [6.45, 7) is 4.78. The molecule has 0 aliphatic carbocycles. The van der Waals surface area contributed by atoms with Crippen LogP contribution in [-0.4, -0.2) is 31.1 Å². The molecule has 2 bridgehead atoms. The Labute approximate surface area is 144 Å². The molecule has 5 rings (SSSR count). The highest BCUT2D eigenvalue weighted by Crippen LogP contribution is 2.42. The van der Waals surface area contributed by atoms with Crippen LogP contribution in [0, 0.1) is 11.8 Å². The van der Waals surface area contributed by atoms with E-state index >= 15 is 0 Å². The number of rotatable bonds is 4. The molecule has 0 amide bonds. The van der Waals surface area contributed by atoms with E-state index in [4.69, 9.17) is 10.5 Å². The first kappa shape index (κ1) is 15.9. The van der Waals surface area contributed by atoms with E-state index in [0.717, 1.165) is 17.6 Å². The highest BCUT2D eigenvalue weighted by molar-refractivity contribution is 5.87. The van der Waals surface area contributed by atoms with E-state index in [1.807, 2.05) is 6.07 Å². The van der Waals surface area contributed by atoms with Gasteiger partial charge in [0.2, 0.25) is 0 Å². The van der Waals surface area contributed by atoms with Crippen LogP contribution in [0.4, 0.5) is 0 Å². The van der Waals surface area contributed by atoms with Crippen LogP contribution in [0.3, 0.4) is 0 Å². The van der Waals surface area contributed by atoms with Gasteiger partial charge in [0.25, 0.3) is 0 Å². The standard InChI is InChI=1S/C21H28N2O/c1-3-14-13-23-10-9-16(14)11-20(23)21(22)18-6-4-5-15-7-8-17(24-2)12-19(15)18/h4-8,12,14,16,20-21H,3,9-11,13,22H2,1-2H3/t14-,16?,20-,21-/m0/s1. The lowest BCUT2D eigenvalue weighted by molar-refractivity contribution is -0.0105. The summed E-state index contributed by atoms with van der Waals surface area (Å²) in [7, 11) is 1.72. The third kappa shape index (κ3) is 2.60. The molecule has 24 heavy (non-hydrogen) atoms. The highest BCUT2D eigenvalue weighted by Gasteiger charge is 2.41. The summed E-state index contributed by atoms with van der Waals surface area (Å²) in [5.41, 5.74) is 8.08. The van der Waals surface area contributed by atoms with Gasteiger partial charge in [-0.2, -0.15) is 0 Å². The largest absolute Gasteiger partial charge is 0.497 e. The molecule has 0 spiro atoms. The zero-order valence-electron chi connectivity index (χ0n) is 14.7. The van der Waals surface area contributed by atoms with Gasteiger partial charge >= 0.3 is 0 Å². The Balaban J connectivity index is 1.68. The molecule has 5 atom stereocenters. The van der Waals surface area contributed by atoms with Gasteiger partial charge in [0.1, 0.15) is 5.75 Å². The predicted octanol–water partition coefficient (Wildman–Crippen LogP) is 3.97. The molecule has 2 aromatic carbocycles. The second-order valence-electron chi connectivity index (χ2n) is 7.48. The lowest BCUT2D eigenvalue weighted by Crippen LogP contribution is -2.56. The molecule has 0 saturated carbocycles. The fourth-order valence-electron chi connectivity index (χ4n) is 4.92. The molecule has 3 aliphatic rings. The lowest BCUT2D eigenvalue weighted by atomic mass is 9.72. The van der Waals surface area contributed by atoms with E-state index in [-0.39, 0.29) is 6.04 Å². The van der Waals surface area contributed by atoms with E-state index in [1.165, 1.54) is 48.7 Å². The van der Waals surface area contributed by atoms with Gasteiger partial charge in [-0.1, -0.05) is 37.6 Å². The van der Waals surface area contributed by atoms with Gasteiger partial charge in [-0.15, -0.1) is 0 Å². The molecule has 3 fully saturated rings. The molecular weight excluding hydrogens is 296 g/mol. The Bertz CT molecular complexity index is 729. The van der Waals surface area contributed by atoms with Crippen LogP contribution in [0.25, 0.3) is 10.8 Å². The molecule has 2 aromatic rings. The fraction of sp³-hybridized carbons (Fsp3) is 0.524. The van der Waals surface area contributed by atoms with Crippen molar-refractivity contribution in [1.82, 2.24) is 4.90 Å². The molecule has 0 aromatic heterocycles. The minimum absolute atomic E-state index is 0.0708. The molecule has 128 valence electrons. The van der Waals surface area contributed by atoms with E-state index in [9.17, 15) is 0 Å². The molecular formula is C21H28N2O. The molecule has 3 saturated heterocycles. The smallest absolute Gasteiger partial charge is 0.119 e. The average Bonchev–Trinajstić information content (AvgIpc) is 2.66. The second-order valence-corrected chi connectivity index (χ2v) is 7.48. The number of hydrogen-bond donors (Lipinski definition) is 1. The number of ether oxygens (including phenoxy) is 1. The molecule has 2 unspecified atom stereocenters. The van der Waals surface area contributed by atoms with Gasteiger partial charge in [0.15, 0.2) is 0 Å². The van der Waals surface area contributed by atoms with Crippen molar-refractivity contribution in [3.8, 4) is 5.75 Å². The Hall–Kier alpha value is -1.58. The Morgan fingerprint density at radius 3 is 2.88 bits per heavy atom. The minimum Gasteiger partial charge on any atom is -0.497 e. The van der Waals surface area contributed by atoms with Crippen LogP contribution in [0.2, 0.25) is 0 Å². The Kier molecular flexibility index (Phi) is 4.23. The Morgan fingerprint density at radius 2 is 2.17 bits per heavy atom. The van der Waals surface area contributed by atoms with Crippen LogP contribution in [0.1, 0.15) is 37.8 Å². The van der Waals surface area contributed by atoms with Crippen LogP contribution in [-0.2, 0) is 0 Å². The molecule has 3 heterocycles. The average molecular weight is 324 g/mol. The maximum absolute atomic E-state index is 6.82. The van der Waals surface area contributed by atoms with Crippen molar-refractivity contribution in [2.75, 3.05) is 20.2 Å². The Morgan fingerprint density at radius 1 is 1.29 bits per heavy atom. The maximum Gasteiger partial charge on any atom is 0.119 e. The van der Waals surface area contributed by atoms with Crippen LogP contribution in [0.5, 0.6) is 5.75 Å². The summed E-state index contributed by atoms with van der Waals surface area (Å²) in [6.07, 6.45) is 3.90. The lowest BCUT2D eigenvalue weighted by Gasteiger charge is -2.51. The van der Waals surface area contributed by atoms with Crippen LogP contribution in [0.15, 0.2) is 36.4 Å². The SMILES string of the molecule is CC[C@H]1CN2CCC1C[C@H]2[C@@H](N)c1cccc2ccc(OC)cc12. The zero-order valence-corrected chi connectivity index (χ0v) is 14.7. The molecule has 3 nitrogen and oxygen atoms in total. The number of methoxy groups -OCH3 is 1. The topological polar surface area (TPSA) is 38.5 Å². The van der Waals surface area contributed by atoms with Gasteiger partial charge in [-0.3, -0.25) is 4.90 Å². The first-order valence-electron chi connectivity index (χ1n) is 9.27. The molecule has 0 radical (unpaired) electrons. The van der Waals surface area contributed by atoms with Gasteiger partial charge < -0.3 is 10.5 Å². The third-order valence-corrected chi connectivity index (χ3v) is 6.36. The normalized spacial score (nSPS) is 30.5. The van der Waals surface area contributed by atoms with E-state index in [0.29, 0.717) is 6.04 Å². The first-order chi connectivity index (χ1) is 11.7. The number of nitrogens with zero attached hydrogens (tertiary/aromatic N) is 1. The van der Waals surface area contributed by atoms with Crippen molar-refractivity contribution in [2.24, 2.45) is 17.6 Å². The minimum atomic E-state index is 0.0708. The molecule has 3 heteroatoms. The summed E-state index contributed by atoms with van der Waals surface area (Å²) >= 11 is 0. The quantitative estimate of drug-likeness (QED) is 0.925. The van der Waals surface area contributed by atoms with Gasteiger partial charge in [0.05, 0.1) is 7.11 Å². The fourth-order valence-corrected chi connectivity index (χ4v) is 4.92. The van der Waals surface area contributed by atoms with Crippen LogP contribution >= 0.6 is 0 Å². The van der Waals surface area contributed by atoms with Gasteiger partial charge in [-0.05, 0) is 59.7 Å². The van der Waals surface area contributed by atoms with Crippen molar-refractivity contribution in [3.63, 3.8) is 0 Å². The van der Waals surface area contributed by atoms with Crippen molar-refractivity contribution in [3.05, 3.63) is 42.0 Å². The van der Waals surface area contributed by atoms with E-state index in [2.05, 4.69) is 42.2 Å². The van der Waals surface area contributed by atoms with Crippen molar-refractivity contribution >= 4 is 10.8 Å². The number of hydrogen-bond acceptors (Lipinski definition) is 3. The number of benzene rings is 2. The van der Waals surface area contributed by atoms with Gasteiger partial charge in [-0.25, -0.2) is 0 Å². The number of nitrogens with two attached hydrogens (primary N) is 1. The predicted molar refractivity (Wildman–Crippen MR) is 99.3 cm³/mol. The summed E-state index contributed by atoms with van der Waals surface area (Å²) in [5.74, 6) is 2.63. The molecule has 2 N–H and O–H groups in total. The first-order valence-corrected chi connectivity index (χ1v) is 9.27. The summed E-state index contributed by atoms with van der Waals surface area (Å²) < 4.78 is 5.43. The summed E-state index contributed by atoms with van der Waals surface area (Å²) in [4.78, 5) is 2.65. The summed E-state index contributed by atoms with van der Waals surface area (Å²) in [6, 6.07) is 13.3. The van der Waals surface area contributed by atoms with Crippen molar-refractivity contribution < 1.29 is 4.74 Å². The summed E-state index contributed by atoms with van der Waals surface area (Å²) in [5, 5.41) is 2.48. The number of fused-ring (bicyclic) bond motifs is 4. The highest BCUT2D eigenvalue weighted by atomic mass is 16.5. The molecule has 3 aliphatic heterocycles. The zero-order chi connectivity index (χ0) is 16.7. The van der Waals surface area contributed by atoms with Crippen molar-refractivity contribution in [2.45, 2.75) is 38.3 Å². The van der Waals surface area contributed by atoms with E-state index in [1.54, 1.807) is 7.11 Å². The van der Waals surface area contributed by atoms with Crippen LogP contribution < -0.4 is 10.5 Å². The van der Waals surface area contributed by atoms with E-state index < -0.39 is 0 Å². The van der Waals surface area contributed by atoms with Gasteiger partial charge in [0, 0.05) is 18.6 Å². The third-order valence-electron chi connectivity index (χ3n) is 6.36. The maximum atomic E-state index is 6.82.